The predicted octanol–water partition coefficient (Wildman–Crippen LogP) is 6.49. The number of fused-ring (bicyclic) bond motifs is 1. The van der Waals surface area contributed by atoms with Gasteiger partial charge in [0.25, 0.3) is 0 Å². The number of pyridine rings is 1. The van der Waals surface area contributed by atoms with Crippen molar-refractivity contribution in [3.63, 3.8) is 0 Å². The Morgan fingerprint density at radius 2 is 1.69 bits per heavy atom. The Morgan fingerprint density at radius 3 is 2.49 bits per heavy atom. The number of hydrogen-bond acceptors (Lipinski definition) is 7. The maximum absolute atomic E-state index is 5.61. The number of likely N-dealkylation sites (N-methyl/N-ethyl adjacent to an activating group) is 1. The molecule has 1 atom stereocenters. The summed E-state index contributed by atoms with van der Waals surface area (Å²) in [6.45, 7) is 10.3. The fourth-order valence-corrected chi connectivity index (χ4v) is 5.18. The Labute approximate surface area is 229 Å². The van der Waals surface area contributed by atoms with Gasteiger partial charge in [-0.15, -0.1) is 0 Å². The minimum atomic E-state index is 0.0586. The molecule has 5 aromatic rings. The molecule has 0 unspecified atom stereocenters. The minimum absolute atomic E-state index is 0.0586. The van der Waals surface area contributed by atoms with Gasteiger partial charge >= 0.3 is 0 Å². The van der Waals surface area contributed by atoms with Gasteiger partial charge in [0.1, 0.15) is 23.0 Å². The Bertz CT molecular complexity index is 1600. The number of aryl methyl sites for hydroxylation is 2. The lowest BCUT2D eigenvalue weighted by Crippen LogP contribution is -2.44. The first kappa shape index (κ1) is 25.1. The molecule has 1 fully saturated rings. The lowest BCUT2D eigenvalue weighted by molar-refractivity contribution is 0.312. The van der Waals surface area contributed by atoms with E-state index < -0.39 is 0 Å². The van der Waals surface area contributed by atoms with Crippen LogP contribution in [0, 0.1) is 13.8 Å². The molecule has 0 radical (unpaired) electrons. The van der Waals surface area contributed by atoms with Crippen LogP contribution in [0.3, 0.4) is 0 Å². The third-order valence-corrected chi connectivity index (χ3v) is 7.56. The van der Waals surface area contributed by atoms with Gasteiger partial charge in [0.15, 0.2) is 0 Å². The van der Waals surface area contributed by atoms with E-state index in [-0.39, 0.29) is 6.04 Å². The van der Waals surface area contributed by atoms with Crippen molar-refractivity contribution in [2.24, 2.45) is 0 Å². The molecule has 1 saturated heterocycles. The normalized spacial score (nSPS) is 15.0. The summed E-state index contributed by atoms with van der Waals surface area (Å²) in [5, 5.41) is 4.70. The number of aromatic nitrogens is 3. The molecule has 0 spiro atoms. The van der Waals surface area contributed by atoms with Crippen LogP contribution in [0.15, 0.2) is 77.5 Å². The molecule has 3 aromatic heterocycles. The van der Waals surface area contributed by atoms with E-state index in [9.17, 15) is 0 Å². The SMILES string of the molecule is Cc1nc(N[C@@H](C)c2cccc(-c3ccc(N4CCN(C)CC4)nc3)c2)cc(-c2ccc3occ(C)c3c2)n1. The fraction of sp³-hybridized carbons (Fsp3) is 0.281. The van der Waals surface area contributed by atoms with E-state index >= 15 is 0 Å². The van der Waals surface area contributed by atoms with Crippen LogP contribution in [0.2, 0.25) is 0 Å². The number of piperazine rings is 1. The summed E-state index contributed by atoms with van der Waals surface area (Å²) in [5.74, 6) is 2.58. The van der Waals surface area contributed by atoms with Gasteiger partial charge in [0.05, 0.1) is 12.0 Å². The number of nitrogens with zero attached hydrogens (tertiary/aromatic N) is 5. The third kappa shape index (κ3) is 5.36. The number of nitrogens with one attached hydrogen (secondary N) is 1. The minimum Gasteiger partial charge on any atom is -0.464 e. The average Bonchev–Trinajstić information content (AvgIpc) is 3.33. The molecule has 0 saturated carbocycles. The first-order chi connectivity index (χ1) is 18.9. The fourth-order valence-electron chi connectivity index (χ4n) is 5.18. The van der Waals surface area contributed by atoms with Gasteiger partial charge in [-0.1, -0.05) is 18.2 Å². The molecule has 0 aliphatic carbocycles. The van der Waals surface area contributed by atoms with Crippen molar-refractivity contribution in [2.45, 2.75) is 26.8 Å². The highest BCUT2D eigenvalue weighted by Gasteiger charge is 2.16. The number of rotatable bonds is 6. The summed E-state index contributed by atoms with van der Waals surface area (Å²) >= 11 is 0. The van der Waals surface area contributed by atoms with E-state index in [1.165, 1.54) is 5.56 Å². The Morgan fingerprint density at radius 1 is 0.872 bits per heavy atom. The van der Waals surface area contributed by atoms with E-state index in [0.29, 0.717) is 0 Å². The molecule has 0 bridgehead atoms. The molecule has 2 aromatic carbocycles. The van der Waals surface area contributed by atoms with Crippen LogP contribution in [0.4, 0.5) is 11.6 Å². The highest BCUT2D eigenvalue weighted by Crippen LogP contribution is 2.30. The van der Waals surface area contributed by atoms with E-state index in [1.807, 2.05) is 31.3 Å². The van der Waals surface area contributed by atoms with Gasteiger partial charge in [-0.2, -0.15) is 0 Å². The number of anilines is 2. The van der Waals surface area contributed by atoms with Gasteiger partial charge in [0, 0.05) is 61.0 Å². The van der Waals surface area contributed by atoms with Crippen LogP contribution in [0.25, 0.3) is 33.4 Å². The van der Waals surface area contributed by atoms with Crippen molar-refractivity contribution in [1.82, 2.24) is 19.9 Å². The van der Waals surface area contributed by atoms with Crippen molar-refractivity contribution in [1.29, 1.82) is 0 Å². The highest BCUT2D eigenvalue weighted by atomic mass is 16.3. The molecule has 39 heavy (non-hydrogen) atoms. The van der Waals surface area contributed by atoms with Gasteiger partial charge in [-0.25, -0.2) is 15.0 Å². The smallest absolute Gasteiger partial charge is 0.134 e. The number of hydrogen-bond donors (Lipinski definition) is 1. The maximum Gasteiger partial charge on any atom is 0.134 e. The predicted molar refractivity (Wildman–Crippen MR) is 158 cm³/mol. The summed E-state index contributed by atoms with van der Waals surface area (Å²) in [5.41, 5.74) is 7.40. The molecule has 198 valence electrons. The van der Waals surface area contributed by atoms with Crippen molar-refractivity contribution < 1.29 is 4.42 Å². The number of furan rings is 1. The second kappa shape index (κ2) is 10.5. The van der Waals surface area contributed by atoms with E-state index in [1.54, 1.807) is 6.26 Å². The second-order valence-corrected chi connectivity index (χ2v) is 10.5. The summed E-state index contributed by atoms with van der Waals surface area (Å²) in [4.78, 5) is 18.9. The molecule has 1 aliphatic rings. The topological polar surface area (TPSA) is 70.3 Å². The van der Waals surface area contributed by atoms with Crippen LogP contribution >= 0.6 is 0 Å². The van der Waals surface area contributed by atoms with Crippen molar-refractivity contribution in [2.75, 3.05) is 43.4 Å². The molecule has 7 heteroatoms. The lowest BCUT2D eigenvalue weighted by Gasteiger charge is -2.33. The summed E-state index contributed by atoms with van der Waals surface area (Å²) in [6.07, 6.45) is 3.78. The van der Waals surface area contributed by atoms with Gasteiger partial charge in [-0.05, 0) is 80.9 Å². The summed E-state index contributed by atoms with van der Waals surface area (Å²) < 4.78 is 5.61. The lowest BCUT2D eigenvalue weighted by atomic mass is 10.0. The van der Waals surface area contributed by atoms with Crippen LogP contribution in [0.1, 0.15) is 29.9 Å². The zero-order valence-corrected chi connectivity index (χ0v) is 23.0. The summed E-state index contributed by atoms with van der Waals surface area (Å²) in [7, 11) is 2.17. The molecule has 0 amide bonds. The van der Waals surface area contributed by atoms with Crippen molar-refractivity contribution in [3.05, 3.63) is 90.1 Å². The van der Waals surface area contributed by atoms with Gasteiger partial charge < -0.3 is 19.5 Å². The molecular formula is C32H34N6O. The number of benzene rings is 2. The van der Waals surface area contributed by atoms with Crippen LogP contribution in [0.5, 0.6) is 0 Å². The van der Waals surface area contributed by atoms with Crippen LogP contribution in [-0.4, -0.2) is 53.1 Å². The second-order valence-electron chi connectivity index (χ2n) is 10.5. The maximum atomic E-state index is 5.61. The largest absolute Gasteiger partial charge is 0.464 e. The Kier molecular flexibility index (Phi) is 6.75. The molecule has 6 rings (SSSR count). The quantitative estimate of drug-likeness (QED) is 0.275. The van der Waals surface area contributed by atoms with Gasteiger partial charge in [0.2, 0.25) is 0 Å². The van der Waals surface area contributed by atoms with E-state index in [0.717, 1.165) is 82.6 Å². The molecule has 1 N–H and O–H groups in total. The standard InChI is InChI=1S/C32H34N6O/c1-21-20-39-30-10-8-26(17-28(21)30)29-18-31(36-23(3)35-29)34-22(2)24-6-5-7-25(16-24)27-9-11-32(33-19-27)38-14-12-37(4)13-15-38/h5-11,16-20,22H,12-15H2,1-4H3,(H,34,35,36)/t22-/m0/s1. The Balaban J connectivity index is 1.20. The molecule has 1 aliphatic heterocycles. The van der Waals surface area contributed by atoms with Crippen molar-refractivity contribution >= 4 is 22.6 Å². The summed E-state index contributed by atoms with van der Waals surface area (Å²) in [6, 6.07) is 21.2. The molecular weight excluding hydrogens is 484 g/mol. The van der Waals surface area contributed by atoms with Crippen LogP contribution < -0.4 is 10.2 Å². The first-order valence-electron chi connectivity index (χ1n) is 13.5. The molecule has 4 heterocycles. The van der Waals surface area contributed by atoms with E-state index in [2.05, 4.69) is 83.5 Å². The zero-order chi connectivity index (χ0) is 26.9. The molecule has 7 nitrogen and oxygen atoms in total. The third-order valence-electron chi connectivity index (χ3n) is 7.56. The highest BCUT2D eigenvalue weighted by molar-refractivity contribution is 5.85. The average molecular weight is 519 g/mol. The van der Waals surface area contributed by atoms with Gasteiger partial charge in [-0.3, -0.25) is 0 Å². The van der Waals surface area contributed by atoms with Crippen molar-refractivity contribution in [3.8, 4) is 22.4 Å². The first-order valence-corrected chi connectivity index (χ1v) is 13.5. The monoisotopic (exact) mass is 518 g/mol. The van der Waals surface area contributed by atoms with Crippen LogP contribution in [-0.2, 0) is 0 Å². The van der Waals surface area contributed by atoms with E-state index in [4.69, 9.17) is 14.4 Å². The zero-order valence-electron chi connectivity index (χ0n) is 23.0. The Hall–Kier alpha value is -4.23.